The summed E-state index contributed by atoms with van der Waals surface area (Å²) >= 11 is 1.50. The number of rotatable bonds is 4. The van der Waals surface area contributed by atoms with E-state index in [2.05, 4.69) is 20.3 Å². The molecule has 0 N–H and O–H groups in total. The van der Waals surface area contributed by atoms with Crippen molar-refractivity contribution >= 4 is 18.1 Å². The van der Waals surface area contributed by atoms with E-state index in [1.54, 1.807) is 23.4 Å². The van der Waals surface area contributed by atoms with Crippen molar-refractivity contribution in [1.29, 1.82) is 0 Å². The topological polar surface area (TPSA) is 59.2 Å². The number of nitrogens with zero attached hydrogens (tertiary/aromatic N) is 6. The van der Waals surface area contributed by atoms with Crippen molar-refractivity contribution in [3.05, 3.63) is 24.5 Å². The average molecular weight is 262 g/mol. The number of hydrogen-bond donors (Lipinski definition) is 0. The van der Waals surface area contributed by atoms with Crippen molar-refractivity contribution in [3.8, 4) is 11.4 Å². The molecular formula is C11H14N6S. The molecule has 6 nitrogen and oxygen atoms in total. The van der Waals surface area contributed by atoms with E-state index in [1.165, 1.54) is 11.8 Å². The van der Waals surface area contributed by atoms with Gasteiger partial charge in [0.1, 0.15) is 6.34 Å². The lowest BCUT2D eigenvalue weighted by Gasteiger charge is -2.05. The van der Waals surface area contributed by atoms with Crippen LogP contribution in [-0.2, 0) is 0 Å². The molecule has 0 amide bonds. The molecule has 2 aromatic heterocycles. The molecule has 2 rings (SSSR count). The molecule has 0 bridgehead atoms. The smallest absolute Gasteiger partial charge is 0.212 e. The molecule has 0 spiro atoms. The van der Waals surface area contributed by atoms with Gasteiger partial charge in [-0.3, -0.25) is 4.98 Å². The highest BCUT2D eigenvalue weighted by Crippen LogP contribution is 2.21. The molecule has 18 heavy (non-hydrogen) atoms. The summed E-state index contributed by atoms with van der Waals surface area (Å²) in [6.45, 7) is 0. The van der Waals surface area contributed by atoms with Gasteiger partial charge in [-0.2, -0.15) is 9.78 Å². The third-order valence-electron chi connectivity index (χ3n) is 2.13. The lowest BCUT2D eigenvalue weighted by Crippen LogP contribution is -2.09. The van der Waals surface area contributed by atoms with Crippen LogP contribution in [-0.4, -0.2) is 51.4 Å². The summed E-state index contributed by atoms with van der Waals surface area (Å²) in [6, 6.07) is 3.77. The van der Waals surface area contributed by atoms with Gasteiger partial charge in [0.2, 0.25) is 5.16 Å². The fourth-order valence-electron chi connectivity index (χ4n) is 1.33. The Morgan fingerprint density at radius 2 is 2.00 bits per heavy atom. The van der Waals surface area contributed by atoms with Crippen molar-refractivity contribution in [2.75, 3.05) is 20.4 Å². The Balaban J connectivity index is 2.45. The van der Waals surface area contributed by atoms with Crippen molar-refractivity contribution < 1.29 is 0 Å². The summed E-state index contributed by atoms with van der Waals surface area (Å²) in [5, 5.41) is 13.4. The predicted octanol–water partition coefficient (Wildman–Crippen LogP) is 1.41. The van der Waals surface area contributed by atoms with Gasteiger partial charge in [0.25, 0.3) is 0 Å². The van der Waals surface area contributed by atoms with Gasteiger partial charge < -0.3 is 4.90 Å². The summed E-state index contributed by atoms with van der Waals surface area (Å²) in [5.74, 6) is 0.708. The lowest BCUT2D eigenvalue weighted by molar-refractivity contribution is 0.626. The van der Waals surface area contributed by atoms with Crippen LogP contribution in [0.25, 0.3) is 11.4 Å². The second-order valence-electron chi connectivity index (χ2n) is 3.75. The Labute approximate surface area is 110 Å². The maximum atomic E-state index is 4.36. The zero-order valence-electron chi connectivity index (χ0n) is 10.5. The molecule has 0 aromatic carbocycles. The van der Waals surface area contributed by atoms with Crippen molar-refractivity contribution in [2.45, 2.75) is 5.16 Å². The molecule has 0 unspecified atom stereocenters. The van der Waals surface area contributed by atoms with Gasteiger partial charge in [0.05, 0.1) is 0 Å². The molecule has 2 aromatic rings. The number of thioether (sulfide) groups is 1. The Bertz CT molecular complexity index is 534. The first-order chi connectivity index (χ1) is 8.72. The first kappa shape index (κ1) is 12.6. The van der Waals surface area contributed by atoms with E-state index >= 15 is 0 Å². The van der Waals surface area contributed by atoms with E-state index in [1.807, 2.05) is 37.4 Å². The molecule has 0 aliphatic rings. The second kappa shape index (κ2) is 5.63. The Morgan fingerprint density at radius 1 is 1.28 bits per heavy atom. The number of pyridine rings is 1. The second-order valence-corrected chi connectivity index (χ2v) is 4.53. The zero-order valence-corrected chi connectivity index (χ0v) is 11.3. The van der Waals surface area contributed by atoms with Gasteiger partial charge in [0, 0.05) is 32.1 Å². The molecule has 0 saturated heterocycles. The molecule has 7 heteroatoms. The fraction of sp³-hybridized carbons (Fsp3) is 0.273. The van der Waals surface area contributed by atoms with E-state index in [0.29, 0.717) is 5.82 Å². The van der Waals surface area contributed by atoms with Crippen molar-refractivity contribution in [1.82, 2.24) is 24.8 Å². The minimum Gasteiger partial charge on any atom is -0.367 e. The fourth-order valence-corrected chi connectivity index (χ4v) is 1.76. The summed E-state index contributed by atoms with van der Waals surface area (Å²) < 4.78 is 1.72. The van der Waals surface area contributed by atoms with Gasteiger partial charge in [-0.25, -0.2) is 0 Å². The minimum absolute atomic E-state index is 0.708. The van der Waals surface area contributed by atoms with Crippen LogP contribution in [0.4, 0.5) is 0 Å². The molecule has 2 heterocycles. The number of aromatic nitrogens is 4. The molecule has 0 aliphatic heterocycles. The molecule has 0 fully saturated rings. The van der Waals surface area contributed by atoms with Crippen LogP contribution < -0.4 is 0 Å². The Kier molecular flexibility index (Phi) is 3.93. The average Bonchev–Trinajstić information content (AvgIpc) is 2.80. The molecule has 0 saturated carbocycles. The summed E-state index contributed by atoms with van der Waals surface area (Å²) in [7, 11) is 3.83. The van der Waals surface area contributed by atoms with Gasteiger partial charge >= 0.3 is 0 Å². The molecule has 0 aliphatic carbocycles. The van der Waals surface area contributed by atoms with Crippen LogP contribution >= 0.6 is 11.8 Å². The van der Waals surface area contributed by atoms with Crippen molar-refractivity contribution in [3.63, 3.8) is 0 Å². The van der Waals surface area contributed by atoms with Crippen molar-refractivity contribution in [2.24, 2.45) is 5.10 Å². The molecule has 0 atom stereocenters. The number of hydrogen-bond acceptors (Lipinski definition) is 5. The zero-order chi connectivity index (χ0) is 13.0. The van der Waals surface area contributed by atoms with Gasteiger partial charge in [-0.05, 0) is 18.4 Å². The summed E-state index contributed by atoms with van der Waals surface area (Å²) in [5.41, 5.74) is 0.939. The third-order valence-corrected chi connectivity index (χ3v) is 2.75. The SMILES string of the molecule is CSc1nnc(-c2ccncc2)n1N=CN(C)C. The van der Waals surface area contributed by atoms with Gasteiger partial charge in [-0.15, -0.1) is 10.2 Å². The first-order valence-electron chi connectivity index (χ1n) is 5.33. The third kappa shape index (κ3) is 2.67. The van der Waals surface area contributed by atoms with Crippen LogP contribution in [0.1, 0.15) is 0 Å². The van der Waals surface area contributed by atoms with E-state index in [9.17, 15) is 0 Å². The van der Waals surface area contributed by atoms with Crippen LogP contribution in [0.2, 0.25) is 0 Å². The highest BCUT2D eigenvalue weighted by atomic mass is 32.2. The monoisotopic (exact) mass is 262 g/mol. The maximum Gasteiger partial charge on any atom is 0.212 e. The summed E-state index contributed by atoms with van der Waals surface area (Å²) in [6.07, 6.45) is 7.11. The predicted molar refractivity (Wildman–Crippen MR) is 72.6 cm³/mol. The maximum absolute atomic E-state index is 4.36. The largest absolute Gasteiger partial charge is 0.367 e. The van der Waals surface area contributed by atoms with Crippen LogP contribution in [0.3, 0.4) is 0 Å². The van der Waals surface area contributed by atoms with Gasteiger partial charge in [-0.1, -0.05) is 11.8 Å². The summed E-state index contributed by atoms with van der Waals surface area (Å²) in [4.78, 5) is 5.85. The Morgan fingerprint density at radius 3 is 2.61 bits per heavy atom. The molecular weight excluding hydrogens is 248 g/mol. The van der Waals surface area contributed by atoms with E-state index in [0.717, 1.165) is 10.7 Å². The van der Waals surface area contributed by atoms with Crippen LogP contribution in [0.15, 0.2) is 34.8 Å². The first-order valence-corrected chi connectivity index (χ1v) is 6.55. The highest BCUT2D eigenvalue weighted by Gasteiger charge is 2.12. The standard InChI is InChI=1S/C11H14N6S/c1-16(2)8-13-17-10(14-15-11(17)18-3)9-4-6-12-7-5-9/h4-8H,1-3H3. The van der Waals surface area contributed by atoms with Crippen LogP contribution in [0, 0.1) is 0 Å². The molecule has 94 valence electrons. The van der Waals surface area contributed by atoms with E-state index in [4.69, 9.17) is 0 Å². The minimum atomic E-state index is 0.708. The van der Waals surface area contributed by atoms with E-state index < -0.39 is 0 Å². The molecule has 0 radical (unpaired) electrons. The lowest BCUT2D eigenvalue weighted by atomic mass is 10.2. The van der Waals surface area contributed by atoms with Crippen LogP contribution in [0.5, 0.6) is 0 Å². The quantitative estimate of drug-likeness (QED) is 0.474. The van der Waals surface area contributed by atoms with Gasteiger partial charge in [0.15, 0.2) is 5.82 Å². The normalized spacial score (nSPS) is 11.1. The van der Waals surface area contributed by atoms with E-state index in [-0.39, 0.29) is 0 Å². The Hall–Kier alpha value is -1.89. The highest BCUT2D eigenvalue weighted by molar-refractivity contribution is 7.98.